The molecule has 2 aromatic rings. The van der Waals surface area contributed by atoms with Gasteiger partial charge in [0.25, 0.3) is 0 Å². The third kappa shape index (κ3) is 2.16. The Morgan fingerprint density at radius 3 is 2.89 bits per heavy atom. The van der Waals surface area contributed by atoms with Crippen LogP contribution in [0.1, 0.15) is 18.1 Å². The monoisotopic (exact) mass is 244 g/mol. The summed E-state index contributed by atoms with van der Waals surface area (Å²) in [5.41, 5.74) is 2.03. The van der Waals surface area contributed by atoms with E-state index in [1.807, 2.05) is 26.0 Å². The Labute approximate surface area is 106 Å². The zero-order valence-corrected chi connectivity index (χ0v) is 10.7. The molecule has 2 rings (SSSR count). The number of ether oxygens (including phenoxy) is 1. The fraction of sp³-hybridized carbons (Fsp3) is 0.267. The molecular weight excluding hydrogens is 228 g/mol. The van der Waals surface area contributed by atoms with Crippen LogP contribution in [0.5, 0.6) is 5.75 Å². The predicted molar refractivity (Wildman–Crippen MR) is 72.3 cm³/mol. The van der Waals surface area contributed by atoms with Gasteiger partial charge < -0.3 is 9.15 Å². The molecule has 1 aromatic heterocycles. The molecule has 0 aliphatic carbocycles. The summed E-state index contributed by atoms with van der Waals surface area (Å²) < 4.78 is 10.7. The van der Waals surface area contributed by atoms with Crippen molar-refractivity contribution in [1.29, 1.82) is 0 Å². The van der Waals surface area contributed by atoms with Crippen LogP contribution in [0.3, 0.4) is 0 Å². The number of rotatable bonds is 4. The van der Waals surface area contributed by atoms with Crippen LogP contribution in [0.25, 0.3) is 11.0 Å². The maximum absolute atomic E-state index is 11.8. The first-order chi connectivity index (χ1) is 8.67. The van der Waals surface area contributed by atoms with Crippen molar-refractivity contribution in [3.8, 4) is 5.75 Å². The number of benzene rings is 1. The van der Waals surface area contributed by atoms with Gasteiger partial charge in [0.1, 0.15) is 17.9 Å². The van der Waals surface area contributed by atoms with Gasteiger partial charge in [-0.2, -0.15) is 0 Å². The summed E-state index contributed by atoms with van der Waals surface area (Å²) in [6.07, 6.45) is 2.35. The molecule has 1 aromatic carbocycles. The molecule has 0 unspecified atom stereocenters. The Hall–Kier alpha value is -2.03. The Kier molecular flexibility index (Phi) is 3.51. The first-order valence-electron chi connectivity index (χ1n) is 5.97. The molecule has 0 aliphatic rings. The van der Waals surface area contributed by atoms with Crippen LogP contribution in [0, 0.1) is 6.92 Å². The summed E-state index contributed by atoms with van der Waals surface area (Å²) >= 11 is 0. The second kappa shape index (κ2) is 5.08. The lowest BCUT2D eigenvalue weighted by Gasteiger charge is -2.08. The molecule has 0 saturated carbocycles. The van der Waals surface area contributed by atoms with E-state index < -0.39 is 0 Å². The minimum atomic E-state index is -0.261. The summed E-state index contributed by atoms with van der Waals surface area (Å²) in [7, 11) is 0. The molecule has 3 nitrogen and oxygen atoms in total. The number of hydrogen-bond acceptors (Lipinski definition) is 3. The zero-order chi connectivity index (χ0) is 13.1. The van der Waals surface area contributed by atoms with E-state index in [1.165, 1.54) is 0 Å². The number of aryl methyl sites for hydroxylation is 1. The third-order valence-electron chi connectivity index (χ3n) is 2.98. The summed E-state index contributed by atoms with van der Waals surface area (Å²) in [5.74, 6) is 0.675. The molecule has 0 bridgehead atoms. The second-order valence-electron chi connectivity index (χ2n) is 4.10. The Balaban J connectivity index is 2.58. The average Bonchev–Trinajstić information content (AvgIpc) is 2.36. The first-order valence-corrected chi connectivity index (χ1v) is 5.97. The van der Waals surface area contributed by atoms with Crippen LogP contribution < -0.4 is 10.4 Å². The Bertz CT molecular complexity index is 638. The van der Waals surface area contributed by atoms with E-state index in [1.54, 1.807) is 12.1 Å². The first kappa shape index (κ1) is 12.4. The van der Waals surface area contributed by atoms with Crippen molar-refractivity contribution in [3.05, 3.63) is 52.4 Å². The summed E-state index contributed by atoms with van der Waals surface area (Å²) in [6.45, 7) is 7.92. The van der Waals surface area contributed by atoms with Crippen molar-refractivity contribution in [2.24, 2.45) is 0 Å². The Morgan fingerprint density at radius 1 is 1.44 bits per heavy atom. The van der Waals surface area contributed by atoms with Crippen LogP contribution in [0.15, 0.2) is 40.1 Å². The highest BCUT2D eigenvalue weighted by molar-refractivity contribution is 5.82. The third-order valence-corrected chi connectivity index (χ3v) is 2.98. The van der Waals surface area contributed by atoms with Gasteiger partial charge in [-0.15, -0.1) is 0 Å². The molecule has 1 heterocycles. The summed E-state index contributed by atoms with van der Waals surface area (Å²) in [5, 5.41) is 0.956. The lowest BCUT2D eigenvalue weighted by atomic mass is 10.0. The van der Waals surface area contributed by atoms with E-state index in [-0.39, 0.29) is 5.63 Å². The van der Waals surface area contributed by atoms with Crippen LogP contribution >= 0.6 is 0 Å². The van der Waals surface area contributed by atoms with E-state index in [9.17, 15) is 4.79 Å². The summed E-state index contributed by atoms with van der Waals surface area (Å²) in [4.78, 5) is 11.8. The van der Waals surface area contributed by atoms with E-state index >= 15 is 0 Å². The molecule has 0 radical (unpaired) electrons. The molecule has 0 N–H and O–H groups in total. The predicted octanol–water partition coefficient (Wildman–Crippen LogP) is 3.23. The average molecular weight is 244 g/mol. The maximum Gasteiger partial charge on any atom is 0.339 e. The van der Waals surface area contributed by atoms with E-state index in [4.69, 9.17) is 9.15 Å². The molecule has 0 amide bonds. The lowest BCUT2D eigenvalue weighted by molar-refractivity contribution is 0.363. The largest absolute Gasteiger partial charge is 0.489 e. The topological polar surface area (TPSA) is 39.4 Å². The van der Waals surface area contributed by atoms with Crippen LogP contribution in [-0.4, -0.2) is 6.61 Å². The molecule has 0 saturated heterocycles. The van der Waals surface area contributed by atoms with Gasteiger partial charge in [-0.05, 0) is 31.0 Å². The zero-order valence-electron chi connectivity index (χ0n) is 10.7. The van der Waals surface area contributed by atoms with Crippen molar-refractivity contribution in [1.82, 2.24) is 0 Å². The minimum Gasteiger partial charge on any atom is -0.489 e. The molecule has 0 spiro atoms. The Morgan fingerprint density at radius 2 is 2.22 bits per heavy atom. The van der Waals surface area contributed by atoms with Gasteiger partial charge in [0.05, 0.1) is 0 Å². The molecule has 18 heavy (non-hydrogen) atoms. The number of hydrogen-bond donors (Lipinski definition) is 0. The second-order valence-corrected chi connectivity index (χ2v) is 4.10. The van der Waals surface area contributed by atoms with Crippen LogP contribution in [-0.2, 0) is 6.42 Å². The highest BCUT2D eigenvalue weighted by Crippen LogP contribution is 2.24. The van der Waals surface area contributed by atoms with Crippen molar-refractivity contribution in [3.63, 3.8) is 0 Å². The molecule has 0 fully saturated rings. The molecule has 0 aliphatic heterocycles. The van der Waals surface area contributed by atoms with Crippen molar-refractivity contribution >= 4 is 11.0 Å². The smallest absolute Gasteiger partial charge is 0.339 e. The van der Waals surface area contributed by atoms with Crippen LogP contribution in [0.4, 0.5) is 0 Å². The van der Waals surface area contributed by atoms with Crippen molar-refractivity contribution < 1.29 is 9.15 Å². The lowest BCUT2D eigenvalue weighted by Crippen LogP contribution is -2.09. The van der Waals surface area contributed by atoms with Gasteiger partial charge in [0.2, 0.25) is 0 Å². The van der Waals surface area contributed by atoms with Crippen molar-refractivity contribution in [2.45, 2.75) is 20.3 Å². The van der Waals surface area contributed by atoms with Crippen molar-refractivity contribution in [2.75, 3.05) is 6.61 Å². The fourth-order valence-corrected chi connectivity index (χ4v) is 2.03. The molecular formula is C15H16O3. The fourth-order valence-electron chi connectivity index (χ4n) is 2.03. The van der Waals surface area contributed by atoms with E-state index in [0.29, 0.717) is 24.4 Å². The van der Waals surface area contributed by atoms with Gasteiger partial charge >= 0.3 is 5.63 Å². The van der Waals surface area contributed by atoms with E-state index in [0.717, 1.165) is 16.5 Å². The normalized spacial score (nSPS) is 10.6. The van der Waals surface area contributed by atoms with Gasteiger partial charge in [-0.1, -0.05) is 19.6 Å². The van der Waals surface area contributed by atoms with Crippen LogP contribution in [0.2, 0.25) is 0 Å². The number of fused-ring (bicyclic) bond motifs is 1. The van der Waals surface area contributed by atoms with E-state index in [2.05, 4.69) is 6.58 Å². The molecule has 3 heteroatoms. The van der Waals surface area contributed by atoms with Gasteiger partial charge in [0, 0.05) is 17.0 Å². The maximum atomic E-state index is 11.8. The van der Waals surface area contributed by atoms with Gasteiger partial charge in [-0.25, -0.2) is 4.79 Å². The molecule has 0 atom stereocenters. The molecule has 94 valence electrons. The highest BCUT2D eigenvalue weighted by atomic mass is 16.5. The highest BCUT2D eigenvalue weighted by Gasteiger charge is 2.10. The van der Waals surface area contributed by atoms with Gasteiger partial charge in [0.15, 0.2) is 0 Å². The standard InChI is InChI=1S/C15H16O3/c1-4-8-17-11-6-7-13-10(3)12(5-2)15(16)18-14(13)9-11/h4,6-7,9H,1,5,8H2,2-3H3. The minimum absolute atomic E-state index is 0.261. The van der Waals surface area contributed by atoms with Gasteiger partial charge in [-0.3, -0.25) is 0 Å². The quantitative estimate of drug-likeness (QED) is 0.612. The summed E-state index contributed by atoms with van der Waals surface area (Å²) in [6, 6.07) is 5.54. The SMILES string of the molecule is C=CCOc1ccc2c(C)c(CC)c(=O)oc2c1.